The Morgan fingerprint density at radius 1 is 1.25 bits per heavy atom. The maximum atomic E-state index is 13.2. The minimum absolute atomic E-state index is 0.0276. The molecule has 0 aromatic heterocycles. The van der Waals surface area contributed by atoms with E-state index in [1.54, 1.807) is 0 Å². The van der Waals surface area contributed by atoms with E-state index in [0.29, 0.717) is 0 Å². The molecular weight excluding hydrogens is 329 g/mol. The summed E-state index contributed by atoms with van der Waals surface area (Å²) in [6.07, 6.45) is -4.60. The van der Waals surface area contributed by atoms with Gasteiger partial charge in [-0.25, -0.2) is 0 Å². The van der Waals surface area contributed by atoms with Gasteiger partial charge in [-0.2, -0.15) is 13.2 Å². The Bertz CT molecular complexity index is 745. The molecule has 1 unspecified atom stereocenters. The van der Waals surface area contributed by atoms with Crippen LogP contribution in [0.25, 0.3) is 0 Å². The normalized spacial score (nSPS) is 20.9. The number of rotatable bonds is 2. The first-order chi connectivity index (χ1) is 11.2. The number of carbonyl (C=O) groups excluding carboxylic acids is 3. The topological polar surface area (TPSA) is 75.7 Å². The third-order valence-electron chi connectivity index (χ3n) is 4.18. The summed E-state index contributed by atoms with van der Waals surface area (Å²) in [7, 11) is 1.29. The molecule has 2 aliphatic heterocycles. The fraction of sp³-hybridized carbons (Fsp3) is 0.400. The summed E-state index contributed by atoms with van der Waals surface area (Å²) in [5, 5.41) is 2.10. The summed E-state index contributed by atoms with van der Waals surface area (Å²) in [5.74, 6) is -1.87. The largest absolute Gasteiger partial charge is 0.496 e. The second-order valence-electron chi connectivity index (χ2n) is 5.57. The summed E-state index contributed by atoms with van der Waals surface area (Å²) < 4.78 is 44.7. The van der Waals surface area contributed by atoms with Gasteiger partial charge in [0.15, 0.2) is 0 Å². The van der Waals surface area contributed by atoms with E-state index in [9.17, 15) is 27.6 Å². The molecule has 3 amide bonds. The Kier molecular flexibility index (Phi) is 3.73. The van der Waals surface area contributed by atoms with Gasteiger partial charge >= 0.3 is 6.18 Å². The lowest BCUT2D eigenvalue weighted by Gasteiger charge is -2.29. The van der Waals surface area contributed by atoms with Crippen LogP contribution in [0.3, 0.4) is 0 Å². The zero-order valence-electron chi connectivity index (χ0n) is 12.6. The lowest BCUT2D eigenvalue weighted by atomic mass is 10.0. The van der Waals surface area contributed by atoms with Crippen molar-refractivity contribution in [2.24, 2.45) is 0 Å². The SMILES string of the molecule is COc1ccc(C(F)(F)F)c2c1CN(C1CCC(=O)NC1=O)C2=O. The highest BCUT2D eigenvalue weighted by atomic mass is 19.4. The number of methoxy groups -OCH3 is 1. The van der Waals surface area contributed by atoms with Crippen LogP contribution < -0.4 is 10.1 Å². The van der Waals surface area contributed by atoms with Crippen molar-refractivity contribution in [3.05, 3.63) is 28.8 Å². The maximum Gasteiger partial charge on any atom is 0.417 e. The fourth-order valence-corrected chi connectivity index (χ4v) is 3.07. The molecule has 9 heteroatoms. The molecule has 0 bridgehead atoms. The molecule has 1 aromatic rings. The molecule has 6 nitrogen and oxygen atoms in total. The van der Waals surface area contributed by atoms with Gasteiger partial charge in [-0.15, -0.1) is 0 Å². The van der Waals surface area contributed by atoms with Crippen LogP contribution >= 0.6 is 0 Å². The predicted molar refractivity (Wildman–Crippen MR) is 74.0 cm³/mol. The van der Waals surface area contributed by atoms with E-state index in [1.807, 2.05) is 0 Å². The zero-order valence-corrected chi connectivity index (χ0v) is 12.6. The van der Waals surface area contributed by atoms with Crippen molar-refractivity contribution in [2.45, 2.75) is 31.6 Å². The summed E-state index contributed by atoms with van der Waals surface area (Å²) in [4.78, 5) is 36.8. The molecular formula is C15H13F3N2O4. The Labute approximate surface area is 134 Å². The molecule has 2 heterocycles. The van der Waals surface area contributed by atoms with E-state index >= 15 is 0 Å². The number of benzene rings is 1. The minimum atomic E-state index is -4.70. The van der Waals surface area contributed by atoms with Crippen LogP contribution in [0.5, 0.6) is 5.75 Å². The molecule has 3 rings (SSSR count). The van der Waals surface area contributed by atoms with Gasteiger partial charge in [0.25, 0.3) is 5.91 Å². The van der Waals surface area contributed by atoms with E-state index in [1.165, 1.54) is 7.11 Å². The number of nitrogens with zero attached hydrogens (tertiary/aromatic N) is 1. The second kappa shape index (κ2) is 5.50. The number of ether oxygens (including phenoxy) is 1. The van der Waals surface area contributed by atoms with Gasteiger partial charge in [0.05, 0.1) is 24.8 Å². The Hall–Kier alpha value is -2.58. The Morgan fingerprint density at radius 2 is 1.96 bits per heavy atom. The number of halogens is 3. The van der Waals surface area contributed by atoms with Crippen LogP contribution in [0.2, 0.25) is 0 Å². The molecule has 1 atom stereocenters. The molecule has 1 aromatic carbocycles. The predicted octanol–water partition coefficient (Wildman–Crippen LogP) is 1.47. The quantitative estimate of drug-likeness (QED) is 0.826. The van der Waals surface area contributed by atoms with Crippen molar-refractivity contribution in [2.75, 3.05) is 7.11 Å². The fourth-order valence-electron chi connectivity index (χ4n) is 3.07. The van der Waals surface area contributed by atoms with Gasteiger partial charge in [-0.1, -0.05) is 0 Å². The smallest absolute Gasteiger partial charge is 0.417 e. The first-order valence-corrected chi connectivity index (χ1v) is 7.15. The van der Waals surface area contributed by atoms with E-state index < -0.39 is 41.1 Å². The molecule has 1 saturated heterocycles. The van der Waals surface area contributed by atoms with Crippen LogP contribution in [-0.2, 0) is 22.3 Å². The lowest BCUT2D eigenvalue weighted by molar-refractivity contribution is -0.138. The molecule has 0 aliphatic carbocycles. The average Bonchev–Trinajstić information content (AvgIpc) is 2.83. The van der Waals surface area contributed by atoms with E-state index in [-0.39, 0.29) is 30.7 Å². The summed E-state index contributed by atoms with van der Waals surface area (Å²) in [6.45, 7) is -0.173. The van der Waals surface area contributed by atoms with Gasteiger partial charge < -0.3 is 9.64 Å². The van der Waals surface area contributed by atoms with E-state index in [4.69, 9.17) is 4.74 Å². The molecule has 0 spiro atoms. The van der Waals surface area contributed by atoms with Crippen molar-refractivity contribution in [3.63, 3.8) is 0 Å². The lowest BCUT2D eigenvalue weighted by Crippen LogP contribution is -2.52. The van der Waals surface area contributed by atoms with Crippen molar-refractivity contribution in [3.8, 4) is 5.75 Å². The molecule has 24 heavy (non-hydrogen) atoms. The van der Waals surface area contributed by atoms with Crippen LogP contribution in [0.4, 0.5) is 13.2 Å². The van der Waals surface area contributed by atoms with Gasteiger partial charge in [0.2, 0.25) is 11.8 Å². The Balaban J connectivity index is 2.03. The standard InChI is InChI=1S/C15H13F3N2O4/c1-24-10-4-2-8(15(16,17)18)12-7(10)6-20(14(12)23)9-3-5-11(21)19-13(9)22/h2,4,9H,3,5-6H2,1H3,(H,19,21,22). The molecule has 0 radical (unpaired) electrons. The van der Waals surface area contributed by atoms with Crippen molar-refractivity contribution in [1.82, 2.24) is 10.2 Å². The van der Waals surface area contributed by atoms with E-state index in [2.05, 4.69) is 5.32 Å². The Morgan fingerprint density at radius 3 is 2.54 bits per heavy atom. The number of amides is 3. The van der Waals surface area contributed by atoms with Gasteiger partial charge in [-0.05, 0) is 18.6 Å². The highest BCUT2D eigenvalue weighted by molar-refractivity contribution is 6.06. The number of hydrogen-bond acceptors (Lipinski definition) is 4. The molecule has 1 N–H and O–H groups in total. The number of piperidine rings is 1. The molecule has 0 saturated carbocycles. The summed E-state index contributed by atoms with van der Waals surface area (Å²) >= 11 is 0. The summed E-state index contributed by atoms with van der Waals surface area (Å²) in [5.41, 5.74) is -1.45. The van der Waals surface area contributed by atoms with Gasteiger partial charge in [0, 0.05) is 12.0 Å². The molecule has 2 aliphatic rings. The first-order valence-electron chi connectivity index (χ1n) is 7.15. The van der Waals surface area contributed by atoms with Crippen LogP contribution in [-0.4, -0.2) is 35.8 Å². The van der Waals surface area contributed by atoms with Crippen molar-refractivity contribution < 1.29 is 32.3 Å². The molecule has 128 valence electrons. The molecule has 1 fully saturated rings. The number of hydrogen-bond donors (Lipinski definition) is 1. The highest BCUT2D eigenvalue weighted by Crippen LogP contribution is 2.41. The van der Waals surface area contributed by atoms with Gasteiger partial charge in [-0.3, -0.25) is 19.7 Å². The van der Waals surface area contributed by atoms with Gasteiger partial charge in [0.1, 0.15) is 11.8 Å². The third-order valence-corrected chi connectivity index (χ3v) is 4.18. The number of carbonyl (C=O) groups is 3. The van der Waals surface area contributed by atoms with Crippen LogP contribution in [0.15, 0.2) is 12.1 Å². The van der Waals surface area contributed by atoms with Crippen molar-refractivity contribution in [1.29, 1.82) is 0 Å². The number of imide groups is 1. The number of alkyl halides is 3. The van der Waals surface area contributed by atoms with Crippen LogP contribution in [0, 0.1) is 0 Å². The second-order valence-corrected chi connectivity index (χ2v) is 5.57. The zero-order chi connectivity index (χ0) is 17.6. The third kappa shape index (κ3) is 2.49. The number of fused-ring (bicyclic) bond motifs is 1. The average molecular weight is 342 g/mol. The van der Waals surface area contributed by atoms with Crippen LogP contribution in [0.1, 0.15) is 34.3 Å². The summed E-state index contributed by atoms with van der Waals surface area (Å²) in [6, 6.07) is 0.972. The minimum Gasteiger partial charge on any atom is -0.496 e. The van der Waals surface area contributed by atoms with Crippen molar-refractivity contribution >= 4 is 17.7 Å². The first kappa shape index (κ1) is 16.3. The monoisotopic (exact) mass is 342 g/mol. The number of nitrogens with one attached hydrogen (secondary N) is 1. The highest BCUT2D eigenvalue weighted by Gasteiger charge is 2.45. The maximum absolute atomic E-state index is 13.2. The van der Waals surface area contributed by atoms with E-state index in [0.717, 1.165) is 17.0 Å².